The molecule has 1 heterocycles. The van der Waals surface area contributed by atoms with Crippen LogP contribution in [0.25, 0.3) is 22.4 Å². The Kier molecular flexibility index (Phi) is 2.72. The van der Waals surface area contributed by atoms with E-state index in [9.17, 15) is 0 Å². The molecule has 3 aromatic rings. The van der Waals surface area contributed by atoms with E-state index in [1.807, 2.05) is 0 Å². The van der Waals surface area contributed by atoms with Gasteiger partial charge in [0.1, 0.15) is 0 Å². The quantitative estimate of drug-likeness (QED) is 0.621. The Hall–Kier alpha value is -2.41. The van der Waals surface area contributed by atoms with E-state index in [1.165, 1.54) is 46.2 Å². The van der Waals surface area contributed by atoms with Crippen LogP contribution in [0.15, 0.2) is 48.5 Å². The number of aromatic nitrogens is 1. The average molecular weight is 297 g/mol. The van der Waals surface area contributed by atoms with E-state index in [0.29, 0.717) is 0 Å². The van der Waals surface area contributed by atoms with E-state index >= 15 is 0 Å². The van der Waals surface area contributed by atoms with Crippen LogP contribution in [0.5, 0.6) is 0 Å². The zero-order chi connectivity index (χ0) is 15.4. The molecule has 2 aliphatic rings. The molecule has 1 heteroatoms. The Balaban J connectivity index is 1.75. The highest BCUT2D eigenvalue weighted by Crippen LogP contribution is 2.43. The van der Waals surface area contributed by atoms with Crippen LogP contribution in [0.1, 0.15) is 27.9 Å². The normalized spacial score (nSPS) is 14.5. The maximum atomic E-state index is 4.73. The van der Waals surface area contributed by atoms with Gasteiger partial charge in [-0.05, 0) is 90.3 Å². The van der Waals surface area contributed by atoms with Gasteiger partial charge in [-0.25, -0.2) is 0 Å². The number of pyridine rings is 1. The van der Waals surface area contributed by atoms with Crippen LogP contribution in [0.3, 0.4) is 0 Å². The zero-order valence-corrected chi connectivity index (χ0v) is 13.4. The van der Waals surface area contributed by atoms with Crippen molar-refractivity contribution in [2.45, 2.75) is 32.6 Å². The molecular weight excluding hydrogens is 278 g/mol. The first-order chi connectivity index (χ1) is 11.3. The van der Waals surface area contributed by atoms with Crippen molar-refractivity contribution in [3.05, 3.63) is 76.5 Å². The summed E-state index contributed by atoms with van der Waals surface area (Å²) in [6.07, 6.45) is 4.64. The van der Waals surface area contributed by atoms with Gasteiger partial charge in [-0.3, -0.25) is 4.98 Å². The number of aryl methyl sites for hydroxylation is 5. The van der Waals surface area contributed by atoms with Crippen LogP contribution in [-0.4, -0.2) is 4.98 Å². The Morgan fingerprint density at radius 1 is 0.696 bits per heavy atom. The van der Waals surface area contributed by atoms with Crippen molar-refractivity contribution in [1.82, 2.24) is 4.98 Å². The van der Waals surface area contributed by atoms with E-state index < -0.39 is 0 Å². The smallest absolute Gasteiger partial charge is 0.0705 e. The van der Waals surface area contributed by atoms with Crippen molar-refractivity contribution in [2.24, 2.45) is 0 Å². The lowest BCUT2D eigenvalue weighted by atomic mass is 9.75. The molecule has 0 bridgehead atoms. The molecular formula is C22H19N. The highest BCUT2D eigenvalue weighted by Gasteiger charge is 2.26. The molecule has 0 aliphatic heterocycles. The lowest BCUT2D eigenvalue weighted by molar-refractivity contribution is 0.877. The fourth-order valence-corrected chi connectivity index (χ4v) is 4.26. The minimum atomic E-state index is 1.08. The second-order valence-corrected chi connectivity index (χ2v) is 6.78. The van der Waals surface area contributed by atoms with Crippen molar-refractivity contribution < 1.29 is 0 Å². The molecule has 0 spiro atoms. The minimum Gasteiger partial charge on any atom is -0.253 e. The minimum absolute atomic E-state index is 1.08. The van der Waals surface area contributed by atoms with E-state index in [0.717, 1.165) is 24.2 Å². The first-order valence-electron chi connectivity index (χ1n) is 8.50. The highest BCUT2D eigenvalue weighted by atomic mass is 14.7. The molecule has 1 nitrogen and oxygen atoms in total. The Labute approximate surface area is 137 Å². The number of hydrogen-bond acceptors (Lipinski definition) is 1. The molecule has 2 aliphatic carbocycles. The SMILES string of the molecule is Cc1cccc(-c2cc3c4c(c2)CCc2cccc(c2-4)CC3)n1. The maximum Gasteiger partial charge on any atom is 0.0705 e. The van der Waals surface area contributed by atoms with Gasteiger partial charge in [-0.15, -0.1) is 0 Å². The summed E-state index contributed by atoms with van der Waals surface area (Å²) in [7, 11) is 0. The molecule has 23 heavy (non-hydrogen) atoms. The van der Waals surface area contributed by atoms with Gasteiger partial charge in [0.05, 0.1) is 5.69 Å². The molecule has 0 N–H and O–H groups in total. The van der Waals surface area contributed by atoms with Crippen molar-refractivity contribution >= 4 is 0 Å². The molecule has 0 saturated heterocycles. The van der Waals surface area contributed by atoms with Gasteiger partial charge in [0.25, 0.3) is 0 Å². The average Bonchev–Trinajstić information content (AvgIpc) is 2.59. The third-order valence-electron chi connectivity index (χ3n) is 5.30. The van der Waals surface area contributed by atoms with Crippen molar-refractivity contribution in [2.75, 3.05) is 0 Å². The molecule has 2 aromatic carbocycles. The Morgan fingerprint density at radius 2 is 1.26 bits per heavy atom. The molecule has 0 atom stereocenters. The van der Waals surface area contributed by atoms with Gasteiger partial charge in [0.15, 0.2) is 0 Å². The predicted octanol–water partition coefficient (Wildman–Crippen LogP) is 4.92. The standard InChI is InChI=1S/C22H19N/c1-14-4-2-7-20(23-14)19-12-17-10-8-15-5-3-6-16-9-11-18(13-19)22(17)21(15)16/h2-7,12-13H,8-11H2,1H3. The number of benzene rings is 2. The van der Waals surface area contributed by atoms with Crippen LogP contribution < -0.4 is 0 Å². The molecule has 0 fully saturated rings. The third-order valence-corrected chi connectivity index (χ3v) is 5.30. The van der Waals surface area contributed by atoms with Gasteiger partial charge in [-0.1, -0.05) is 24.3 Å². The number of hydrogen-bond donors (Lipinski definition) is 0. The lowest BCUT2D eigenvalue weighted by Gasteiger charge is -2.29. The van der Waals surface area contributed by atoms with Gasteiger partial charge in [-0.2, -0.15) is 0 Å². The van der Waals surface area contributed by atoms with Crippen LogP contribution in [0, 0.1) is 6.92 Å². The summed E-state index contributed by atoms with van der Waals surface area (Å²) >= 11 is 0. The van der Waals surface area contributed by atoms with Gasteiger partial charge in [0, 0.05) is 11.3 Å². The summed E-state index contributed by atoms with van der Waals surface area (Å²) in [5.41, 5.74) is 12.7. The molecule has 0 amide bonds. The fourth-order valence-electron chi connectivity index (χ4n) is 4.26. The third kappa shape index (κ3) is 1.96. The second-order valence-electron chi connectivity index (χ2n) is 6.78. The summed E-state index contributed by atoms with van der Waals surface area (Å²) in [5.74, 6) is 0. The van der Waals surface area contributed by atoms with Crippen LogP contribution in [0.4, 0.5) is 0 Å². The van der Waals surface area contributed by atoms with E-state index in [2.05, 4.69) is 55.5 Å². The lowest BCUT2D eigenvalue weighted by Crippen LogP contribution is -2.14. The van der Waals surface area contributed by atoms with Gasteiger partial charge >= 0.3 is 0 Å². The predicted molar refractivity (Wildman–Crippen MR) is 94.7 cm³/mol. The van der Waals surface area contributed by atoms with Gasteiger partial charge in [0.2, 0.25) is 0 Å². The van der Waals surface area contributed by atoms with E-state index in [1.54, 1.807) is 5.56 Å². The summed E-state index contributed by atoms with van der Waals surface area (Å²) in [6, 6.07) is 17.9. The molecule has 112 valence electrons. The van der Waals surface area contributed by atoms with E-state index in [-0.39, 0.29) is 0 Å². The van der Waals surface area contributed by atoms with Crippen molar-refractivity contribution in [3.8, 4) is 22.4 Å². The van der Waals surface area contributed by atoms with Crippen LogP contribution in [0.2, 0.25) is 0 Å². The fraction of sp³-hybridized carbons (Fsp3) is 0.227. The second kappa shape index (κ2) is 4.79. The van der Waals surface area contributed by atoms with Crippen molar-refractivity contribution in [3.63, 3.8) is 0 Å². The summed E-state index contributed by atoms with van der Waals surface area (Å²) in [4.78, 5) is 4.73. The van der Waals surface area contributed by atoms with Crippen LogP contribution in [-0.2, 0) is 25.7 Å². The number of rotatable bonds is 1. The van der Waals surface area contributed by atoms with Crippen LogP contribution >= 0.6 is 0 Å². The first-order valence-corrected chi connectivity index (χ1v) is 8.50. The Bertz CT molecular complexity index is 889. The summed E-state index contributed by atoms with van der Waals surface area (Å²) in [5, 5.41) is 0. The summed E-state index contributed by atoms with van der Waals surface area (Å²) in [6.45, 7) is 2.06. The maximum absolute atomic E-state index is 4.73. The largest absolute Gasteiger partial charge is 0.253 e. The molecule has 5 rings (SSSR count). The molecule has 0 radical (unpaired) electrons. The van der Waals surface area contributed by atoms with Gasteiger partial charge < -0.3 is 0 Å². The first kappa shape index (κ1) is 13.1. The zero-order valence-electron chi connectivity index (χ0n) is 13.4. The van der Waals surface area contributed by atoms with Crippen molar-refractivity contribution in [1.29, 1.82) is 0 Å². The monoisotopic (exact) mass is 297 g/mol. The molecule has 0 saturated carbocycles. The Morgan fingerprint density at radius 3 is 1.91 bits per heavy atom. The molecule has 1 aromatic heterocycles. The molecule has 0 unspecified atom stereocenters. The topological polar surface area (TPSA) is 12.9 Å². The number of nitrogens with zero attached hydrogens (tertiary/aromatic N) is 1. The highest BCUT2D eigenvalue weighted by molar-refractivity contribution is 5.83. The van der Waals surface area contributed by atoms with E-state index in [4.69, 9.17) is 4.98 Å². The summed E-state index contributed by atoms with van der Waals surface area (Å²) < 4.78 is 0.